The second kappa shape index (κ2) is 4.62. The first-order chi connectivity index (χ1) is 7.74. The minimum atomic E-state index is -1.25. The second-order valence-electron chi connectivity index (χ2n) is 4.70. The number of aliphatic carboxylic acids is 1. The number of hydrogen-bond donors (Lipinski definition) is 1. The van der Waals surface area contributed by atoms with E-state index >= 15 is 0 Å². The third-order valence-corrected chi connectivity index (χ3v) is 2.48. The van der Waals surface area contributed by atoms with Crippen molar-refractivity contribution in [2.75, 3.05) is 0 Å². The number of carboxylic acids is 1. The summed E-state index contributed by atoms with van der Waals surface area (Å²) in [6.45, 7) is 10.7. The van der Waals surface area contributed by atoms with E-state index in [9.17, 15) is 4.79 Å². The molecule has 0 aromatic heterocycles. The van der Waals surface area contributed by atoms with Crippen molar-refractivity contribution in [1.82, 2.24) is 0 Å². The Balaban J connectivity index is 3.17. The summed E-state index contributed by atoms with van der Waals surface area (Å²) in [7, 11) is 0. The van der Waals surface area contributed by atoms with Crippen LogP contribution in [0.3, 0.4) is 0 Å². The van der Waals surface area contributed by atoms with E-state index in [4.69, 9.17) is 9.84 Å². The molecule has 3 heteroatoms. The van der Waals surface area contributed by atoms with E-state index in [2.05, 4.69) is 6.58 Å². The lowest BCUT2D eigenvalue weighted by atomic mass is 10.0. The molecule has 0 aliphatic carbocycles. The van der Waals surface area contributed by atoms with Crippen molar-refractivity contribution in [1.29, 1.82) is 0 Å². The molecule has 1 aromatic carbocycles. The van der Waals surface area contributed by atoms with E-state index in [0.717, 1.165) is 16.7 Å². The lowest BCUT2D eigenvalue weighted by Crippen LogP contribution is -2.38. The molecule has 0 spiro atoms. The molecule has 1 N–H and O–H groups in total. The van der Waals surface area contributed by atoms with Gasteiger partial charge < -0.3 is 9.84 Å². The van der Waals surface area contributed by atoms with E-state index in [0.29, 0.717) is 5.75 Å². The van der Waals surface area contributed by atoms with Gasteiger partial charge in [-0.3, -0.25) is 0 Å². The smallest absolute Gasteiger partial charge is 0.347 e. The van der Waals surface area contributed by atoms with Crippen LogP contribution in [0.25, 0.3) is 5.57 Å². The van der Waals surface area contributed by atoms with Gasteiger partial charge in [0.1, 0.15) is 5.75 Å². The van der Waals surface area contributed by atoms with E-state index in [1.165, 1.54) is 13.8 Å². The average Bonchev–Trinajstić information content (AvgIpc) is 2.15. The maximum Gasteiger partial charge on any atom is 0.347 e. The molecule has 0 aliphatic heterocycles. The Bertz CT molecular complexity index is 459. The van der Waals surface area contributed by atoms with Gasteiger partial charge in [0.2, 0.25) is 0 Å². The molecule has 3 nitrogen and oxygen atoms in total. The van der Waals surface area contributed by atoms with E-state index < -0.39 is 11.6 Å². The van der Waals surface area contributed by atoms with Crippen molar-refractivity contribution in [2.24, 2.45) is 0 Å². The van der Waals surface area contributed by atoms with Gasteiger partial charge >= 0.3 is 5.97 Å². The van der Waals surface area contributed by atoms with Crippen LogP contribution < -0.4 is 4.74 Å². The van der Waals surface area contributed by atoms with Crippen LogP contribution in [0, 0.1) is 6.92 Å². The number of carboxylic acid groups (broad SMARTS) is 1. The minimum Gasteiger partial charge on any atom is -0.478 e. The zero-order valence-corrected chi connectivity index (χ0v) is 10.7. The fraction of sp³-hybridized carbons (Fsp3) is 0.357. The molecule has 1 aromatic rings. The second-order valence-corrected chi connectivity index (χ2v) is 4.70. The number of ether oxygens (including phenoxy) is 1. The minimum absolute atomic E-state index is 0.560. The summed E-state index contributed by atoms with van der Waals surface area (Å²) in [5.74, 6) is -0.434. The number of allylic oxidation sites excluding steroid dienone is 1. The van der Waals surface area contributed by atoms with E-state index in [-0.39, 0.29) is 0 Å². The summed E-state index contributed by atoms with van der Waals surface area (Å²) in [5.41, 5.74) is 1.45. The molecule has 0 atom stereocenters. The van der Waals surface area contributed by atoms with Gasteiger partial charge in [-0.1, -0.05) is 18.7 Å². The molecule has 0 heterocycles. The molecule has 0 saturated carbocycles. The van der Waals surface area contributed by atoms with Crippen LogP contribution in [0.5, 0.6) is 5.75 Å². The highest BCUT2D eigenvalue weighted by molar-refractivity contribution is 5.77. The zero-order valence-electron chi connectivity index (χ0n) is 10.7. The molecule has 0 bridgehead atoms. The third-order valence-electron chi connectivity index (χ3n) is 2.48. The fourth-order valence-electron chi connectivity index (χ4n) is 1.39. The van der Waals surface area contributed by atoms with Crippen LogP contribution in [-0.2, 0) is 4.79 Å². The van der Waals surface area contributed by atoms with Crippen molar-refractivity contribution in [3.63, 3.8) is 0 Å². The Morgan fingerprint density at radius 3 is 2.47 bits per heavy atom. The molecule has 0 aliphatic rings. The molecule has 1 rings (SSSR count). The number of benzene rings is 1. The Labute approximate surface area is 102 Å². The maximum atomic E-state index is 11.0. The lowest BCUT2D eigenvalue weighted by Gasteiger charge is -2.23. The summed E-state index contributed by atoms with van der Waals surface area (Å²) >= 11 is 0. The molecule has 0 amide bonds. The van der Waals surface area contributed by atoms with Crippen LogP contribution >= 0.6 is 0 Å². The van der Waals surface area contributed by atoms with Gasteiger partial charge in [-0.15, -0.1) is 0 Å². The number of aryl methyl sites for hydroxylation is 1. The Morgan fingerprint density at radius 1 is 1.41 bits per heavy atom. The topological polar surface area (TPSA) is 46.5 Å². The van der Waals surface area contributed by atoms with Crippen LogP contribution in [0.4, 0.5) is 0 Å². The van der Waals surface area contributed by atoms with E-state index in [1.54, 1.807) is 0 Å². The molecule has 0 radical (unpaired) electrons. The lowest BCUT2D eigenvalue weighted by molar-refractivity contribution is -0.152. The zero-order chi connectivity index (χ0) is 13.2. The first-order valence-electron chi connectivity index (χ1n) is 5.43. The first kappa shape index (κ1) is 13.3. The Hall–Kier alpha value is -1.77. The highest BCUT2D eigenvalue weighted by Crippen LogP contribution is 2.29. The molecular weight excluding hydrogens is 216 g/mol. The molecule has 92 valence electrons. The van der Waals surface area contributed by atoms with Crippen molar-refractivity contribution in [3.8, 4) is 5.75 Å². The van der Waals surface area contributed by atoms with Gasteiger partial charge in [0.05, 0.1) is 0 Å². The molecule has 17 heavy (non-hydrogen) atoms. The van der Waals surface area contributed by atoms with Gasteiger partial charge in [-0.25, -0.2) is 4.79 Å². The monoisotopic (exact) mass is 234 g/mol. The maximum absolute atomic E-state index is 11.0. The van der Waals surface area contributed by atoms with E-state index in [1.807, 2.05) is 32.0 Å². The summed E-state index contributed by atoms with van der Waals surface area (Å²) in [6.07, 6.45) is 0. The molecular formula is C14H18O3. The van der Waals surface area contributed by atoms with Gasteiger partial charge in [0.15, 0.2) is 5.60 Å². The van der Waals surface area contributed by atoms with Crippen molar-refractivity contribution < 1.29 is 14.6 Å². The average molecular weight is 234 g/mol. The van der Waals surface area contributed by atoms with Gasteiger partial charge in [0, 0.05) is 5.56 Å². The summed E-state index contributed by atoms with van der Waals surface area (Å²) < 4.78 is 5.58. The van der Waals surface area contributed by atoms with Crippen LogP contribution in [0.15, 0.2) is 24.8 Å². The predicted molar refractivity (Wildman–Crippen MR) is 68.2 cm³/mol. The molecule has 0 saturated heterocycles. The number of rotatable bonds is 4. The third kappa shape index (κ3) is 3.09. The highest BCUT2D eigenvalue weighted by Gasteiger charge is 2.30. The van der Waals surface area contributed by atoms with Crippen molar-refractivity contribution in [3.05, 3.63) is 35.9 Å². The van der Waals surface area contributed by atoms with Crippen LogP contribution in [0.1, 0.15) is 31.9 Å². The predicted octanol–water partition coefficient (Wildman–Crippen LogP) is 3.27. The van der Waals surface area contributed by atoms with Crippen molar-refractivity contribution >= 4 is 11.5 Å². The Kier molecular flexibility index (Phi) is 3.61. The van der Waals surface area contributed by atoms with Gasteiger partial charge in [0.25, 0.3) is 0 Å². The number of carbonyl (C=O) groups is 1. The Morgan fingerprint density at radius 2 is 2.00 bits per heavy atom. The standard InChI is InChI=1S/C14H18O3/c1-9(2)11-7-6-10(3)8-12(11)17-14(4,5)13(15)16/h6-8H,1H2,2-5H3,(H,15,16). The summed E-state index contributed by atoms with van der Waals surface area (Å²) in [5, 5.41) is 9.05. The quantitative estimate of drug-likeness (QED) is 0.869. The summed E-state index contributed by atoms with van der Waals surface area (Å²) in [6, 6.07) is 5.67. The normalized spacial score (nSPS) is 11.1. The van der Waals surface area contributed by atoms with Crippen LogP contribution in [-0.4, -0.2) is 16.7 Å². The fourth-order valence-corrected chi connectivity index (χ4v) is 1.39. The van der Waals surface area contributed by atoms with Gasteiger partial charge in [-0.05, 0) is 44.9 Å². The highest BCUT2D eigenvalue weighted by atomic mass is 16.5. The van der Waals surface area contributed by atoms with Gasteiger partial charge in [-0.2, -0.15) is 0 Å². The number of hydrogen-bond acceptors (Lipinski definition) is 2. The first-order valence-corrected chi connectivity index (χ1v) is 5.43. The molecule has 0 fully saturated rings. The van der Waals surface area contributed by atoms with Crippen molar-refractivity contribution in [2.45, 2.75) is 33.3 Å². The SMILES string of the molecule is C=C(C)c1ccc(C)cc1OC(C)(C)C(=O)O. The van der Waals surface area contributed by atoms with Crippen LogP contribution in [0.2, 0.25) is 0 Å². The summed E-state index contributed by atoms with van der Waals surface area (Å²) in [4.78, 5) is 11.0. The molecule has 0 unspecified atom stereocenters. The largest absolute Gasteiger partial charge is 0.478 e.